The van der Waals surface area contributed by atoms with Gasteiger partial charge in [0.2, 0.25) is 5.91 Å². The third-order valence-electron chi connectivity index (χ3n) is 2.33. The summed E-state index contributed by atoms with van der Waals surface area (Å²) in [5.74, 6) is 1.52. The van der Waals surface area contributed by atoms with Gasteiger partial charge in [-0.1, -0.05) is 11.6 Å². The number of amides is 1. The lowest BCUT2D eigenvalue weighted by atomic mass is 10.4. The molecule has 0 saturated heterocycles. The van der Waals surface area contributed by atoms with Gasteiger partial charge in [-0.2, -0.15) is 5.10 Å². The van der Waals surface area contributed by atoms with Crippen LogP contribution in [0.25, 0.3) is 0 Å². The summed E-state index contributed by atoms with van der Waals surface area (Å²) < 4.78 is 5.29. The van der Waals surface area contributed by atoms with Crippen molar-refractivity contribution in [3.05, 3.63) is 52.9 Å². The molecule has 1 N–H and O–H groups in total. The lowest BCUT2D eigenvalue weighted by Crippen LogP contribution is -2.19. The van der Waals surface area contributed by atoms with Crippen molar-refractivity contribution in [2.45, 2.75) is 11.8 Å². The quantitative estimate of drug-likeness (QED) is 0.522. The zero-order valence-corrected chi connectivity index (χ0v) is 12.4. The van der Waals surface area contributed by atoms with E-state index < -0.39 is 0 Å². The third-order valence-corrected chi connectivity index (χ3v) is 3.59. The van der Waals surface area contributed by atoms with Crippen LogP contribution in [0, 0.1) is 6.92 Å². The Bertz CT molecular complexity index is 608. The van der Waals surface area contributed by atoms with Crippen molar-refractivity contribution in [2.75, 3.05) is 5.75 Å². The number of nitrogens with one attached hydrogen (secondary N) is 1. The van der Waals surface area contributed by atoms with Crippen LogP contribution >= 0.6 is 23.4 Å². The summed E-state index contributed by atoms with van der Waals surface area (Å²) in [5, 5.41) is 4.51. The number of aryl methyl sites for hydroxylation is 1. The maximum atomic E-state index is 11.6. The van der Waals surface area contributed by atoms with Crippen molar-refractivity contribution < 1.29 is 9.21 Å². The molecule has 0 unspecified atom stereocenters. The van der Waals surface area contributed by atoms with Crippen LogP contribution in [0.15, 0.2) is 50.8 Å². The first kappa shape index (κ1) is 14.7. The van der Waals surface area contributed by atoms with Crippen LogP contribution in [0.2, 0.25) is 5.02 Å². The minimum Gasteiger partial charge on any atom is -0.460 e. The molecule has 1 amide bonds. The summed E-state index contributed by atoms with van der Waals surface area (Å²) in [5.41, 5.74) is 2.45. The molecule has 104 valence electrons. The average molecular weight is 309 g/mol. The molecule has 1 aromatic heterocycles. The summed E-state index contributed by atoms with van der Waals surface area (Å²) in [6, 6.07) is 10.9. The third kappa shape index (κ3) is 4.75. The highest BCUT2D eigenvalue weighted by Gasteiger charge is 2.01. The largest absolute Gasteiger partial charge is 0.460 e. The normalized spacial score (nSPS) is 10.9. The van der Waals surface area contributed by atoms with Crippen molar-refractivity contribution in [3.63, 3.8) is 0 Å². The lowest BCUT2D eigenvalue weighted by Gasteiger charge is -2.00. The number of nitrogens with zero attached hydrogens (tertiary/aromatic N) is 1. The molecular weight excluding hydrogens is 296 g/mol. The Morgan fingerprint density at radius 1 is 1.35 bits per heavy atom. The van der Waals surface area contributed by atoms with Crippen LogP contribution in [0.4, 0.5) is 0 Å². The van der Waals surface area contributed by atoms with E-state index in [1.165, 1.54) is 18.0 Å². The smallest absolute Gasteiger partial charge is 0.250 e. The first-order valence-electron chi connectivity index (χ1n) is 5.90. The lowest BCUT2D eigenvalue weighted by molar-refractivity contribution is -0.118. The summed E-state index contributed by atoms with van der Waals surface area (Å²) >= 11 is 7.21. The van der Waals surface area contributed by atoms with Gasteiger partial charge in [0.1, 0.15) is 11.5 Å². The van der Waals surface area contributed by atoms with Crippen molar-refractivity contribution in [1.29, 1.82) is 0 Å². The van der Waals surface area contributed by atoms with E-state index >= 15 is 0 Å². The molecule has 20 heavy (non-hydrogen) atoms. The second-order valence-electron chi connectivity index (χ2n) is 3.98. The summed E-state index contributed by atoms with van der Waals surface area (Å²) in [6.45, 7) is 1.85. The molecule has 0 aliphatic rings. The van der Waals surface area contributed by atoms with Gasteiger partial charge in [0.05, 0.1) is 12.0 Å². The number of hydrogen-bond acceptors (Lipinski definition) is 4. The predicted molar refractivity (Wildman–Crippen MR) is 81.4 cm³/mol. The number of furan rings is 1. The summed E-state index contributed by atoms with van der Waals surface area (Å²) in [7, 11) is 0. The number of hydrogen-bond donors (Lipinski definition) is 1. The zero-order valence-electron chi connectivity index (χ0n) is 10.8. The molecule has 6 heteroatoms. The molecule has 2 aromatic rings. The van der Waals surface area contributed by atoms with Gasteiger partial charge in [0.25, 0.3) is 0 Å². The minimum absolute atomic E-state index is 0.176. The van der Waals surface area contributed by atoms with E-state index in [0.717, 1.165) is 10.7 Å². The number of carbonyl (C=O) groups excluding carboxylic acids is 1. The van der Waals surface area contributed by atoms with E-state index in [9.17, 15) is 4.79 Å². The van der Waals surface area contributed by atoms with Gasteiger partial charge in [-0.3, -0.25) is 4.79 Å². The fourth-order valence-electron chi connectivity index (χ4n) is 1.40. The maximum absolute atomic E-state index is 11.6. The molecule has 0 atom stereocenters. The first-order chi connectivity index (χ1) is 9.63. The van der Waals surface area contributed by atoms with Crippen LogP contribution in [0.1, 0.15) is 11.5 Å². The van der Waals surface area contributed by atoms with Gasteiger partial charge in [0.15, 0.2) is 0 Å². The van der Waals surface area contributed by atoms with E-state index in [2.05, 4.69) is 10.5 Å². The number of halogens is 1. The Morgan fingerprint density at radius 2 is 2.10 bits per heavy atom. The molecule has 2 rings (SSSR count). The Morgan fingerprint density at radius 3 is 2.75 bits per heavy atom. The molecule has 0 aliphatic heterocycles. The highest BCUT2D eigenvalue weighted by atomic mass is 35.5. The first-order valence-corrected chi connectivity index (χ1v) is 7.26. The van der Waals surface area contributed by atoms with Crippen molar-refractivity contribution >= 4 is 35.5 Å². The topological polar surface area (TPSA) is 54.6 Å². The Kier molecular flexibility index (Phi) is 5.26. The van der Waals surface area contributed by atoms with Gasteiger partial charge >= 0.3 is 0 Å². The van der Waals surface area contributed by atoms with Crippen molar-refractivity contribution in [3.8, 4) is 0 Å². The number of hydrazone groups is 1. The predicted octanol–water partition coefficient (Wildman–Crippen LogP) is 3.48. The molecule has 0 spiro atoms. The second-order valence-corrected chi connectivity index (χ2v) is 5.47. The van der Waals surface area contributed by atoms with Crippen LogP contribution in [-0.2, 0) is 4.79 Å². The number of benzene rings is 1. The Hall–Kier alpha value is -1.72. The van der Waals surface area contributed by atoms with Crippen LogP contribution < -0.4 is 5.43 Å². The fraction of sp³-hybridized carbons (Fsp3) is 0.143. The summed E-state index contributed by atoms with van der Waals surface area (Å²) in [6.07, 6.45) is 1.47. The van der Waals surface area contributed by atoms with E-state index in [0.29, 0.717) is 10.8 Å². The SMILES string of the molecule is Cc1ccc(/C=N\NC(=O)CSc2ccc(Cl)cc2)o1. The van der Waals surface area contributed by atoms with E-state index in [1.54, 1.807) is 18.2 Å². The van der Waals surface area contributed by atoms with Gasteiger partial charge < -0.3 is 4.42 Å². The van der Waals surface area contributed by atoms with E-state index in [4.69, 9.17) is 16.0 Å². The molecule has 0 fully saturated rings. The molecule has 1 aromatic carbocycles. The molecule has 0 aliphatic carbocycles. The highest BCUT2D eigenvalue weighted by Crippen LogP contribution is 2.19. The monoisotopic (exact) mass is 308 g/mol. The second kappa shape index (κ2) is 7.17. The summed E-state index contributed by atoms with van der Waals surface area (Å²) in [4.78, 5) is 12.6. The zero-order chi connectivity index (χ0) is 14.4. The van der Waals surface area contributed by atoms with E-state index in [1.807, 2.05) is 25.1 Å². The highest BCUT2D eigenvalue weighted by molar-refractivity contribution is 8.00. The Labute approximate surface area is 126 Å². The molecule has 0 saturated carbocycles. The number of rotatable bonds is 5. The minimum atomic E-state index is -0.176. The Balaban J connectivity index is 1.75. The number of thioether (sulfide) groups is 1. The molecule has 0 radical (unpaired) electrons. The molecule has 0 bridgehead atoms. The van der Waals surface area contributed by atoms with Crippen molar-refractivity contribution in [2.24, 2.45) is 5.10 Å². The van der Waals surface area contributed by atoms with Crippen molar-refractivity contribution in [1.82, 2.24) is 5.43 Å². The molecular formula is C14H13ClN2O2S. The number of carbonyl (C=O) groups is 1. The maximum Gasteiger partial charge on any atom is 0.250 e. The van der Waals surface area contributed by atoms with Gasteiger partial charge in [-0.05, 0) is 43.3 Å². The van der Waals surface area contributed by atoms with Gasteiger partial charge in [-0.25, -0.2) is 5.43 Å². The molecule has 1 heterocycles. The van der Waals surface area contributed by atoms with Crippen LogP contribution in [0.5, 0.6) is 0 Å². The van der Waals surface area contributed by atoms with Gasteiger partial charge in [0, 0.05) is 9.92 Å². The fourth-order valence-corrected chi connectivity index (χ4v) is 2.22. The van der Waals surface area contributed by atoms with Crippen LogP contribution in [-0.4, -0.2) is 17.9 Å². The molecule has 4 nitrogen and oxygen atoms in total. The standard InChI is InChI=1S/C14H13ClN2O2S/c1-10-2-5-12(19-10)8-16-17-14(18)9-20-13-6-3-11(15)4-7-13/h2-8H,9H2,1H3,(H,17,18)/b16-8-. The van der Waals surface area contributed by atoms with E-state index in [-0.39, 0.29) is 11.7 Å². The van der Waals surface area contributed by atoms with Crippen LogP contribution in [0.3, 0.4) is 0 Å². The van der Waals surface area contributed by atoms with Gasteiger partial charge in [-0.15, -0.1) is 11.8 Å². The average Bonchev–Trinajstić information content (AvgIpc) is 2.84.